The molecule has 0 aliphatic rings. The number of phosphoric acid groups is 1. The lowest BCUT2D eigenvalue weighted by Gasteiger charge is -2.30. The molecule has 1 amide bonds. The maximum atomic E-state index is 13.5. The molecule has 10 heteroatoms. The minimum Gasteiger partial charge on any atom is -0.756 e. The van der Waals surface area contributed by atoms with Gasteiger partial charge in [-0.1, -0.05) is 230 Å². The molecule has 0 aromatic heterocycles. The van der Waals surface area contributed by atoms with Crippen molar-refractivity contribution in [1.29, 1.82) is 0 Å². The standard InChI is InChI=1S/C63H117N2O7P/c1-7-10-13-16-19-22-25-28-30-32-33-34-36-38-41-44-47-50-53-56-63(67)72-61(54-51-48-45-42-39-27-24-21-18-15-12-9-3)60(59-71-73(68,69)70-58-57-65(4,5)6)64-62(66)55-52-49-46-43-40-37-35-31-29-26-23-20-17-14-11-8-2/h19,22,28,30-31,33-35,51,54,60-61H,7-18,20-21,23-27,29,32,36-50,52-53,55-59H2,1-6H3,(H-,64,66,68,69)/b22-19-,30-28-,34-33-,35-31+,54-51+. The number of allylic oxidation sites excluding steroid dienone is 9. The minimum atomic E-state index is -4.70. The largest absolute Gasteiger partial charge is 0.756 e. The van der Waals surface area contributed by atoms with Gasteiger partial charge < -0.3 is 28.5 Å². The number of nitrogens with zero attached hydrogens (tertiary/aromatic N) is 1. The van der Waals surface area contributed by atoms with Crippen molar-refractivity contribution in [1.82, 2.24) is 5.32 Å². The van der Waals surface area contributed by atoms with Crippen LogP contribution >= 0.6 is 7.82 Å². The number of quaternary nitrogens is 1. The molecule has 0 heterocycles. The number of esters is 1. The summed E-state index contributed by atoms with van der Waals surface area (Å²) >= 11 is 0. The summed E-state index contributed by atoms with van der Waals surface area (Å²) < 4.78 is 30.3. The Kier molecular flexibility index (Phi) is 51.5. The van der Waals surface area contributed by atoms with Crippen LogP contribution in [0.15, 0.2) is 60.8 Å². The first kappa shape index (κ1) is 70.7. The van der Waals surface area contributed by atoms with Crippen LogP contribution in [0.3, 0.4) is 0 Å². The van der Waals surface area contributed by atoms with Gasteiger partial charge in [-0.3, -0.25) is 14.2 Å². The highest BCUT2D eigenvalue weighted by atomic mass is 31.2. The fraction of sp³-hybridized carbons (Fsp3) is 0.810. The zero-order valence-electron chi connectivity index (χ0n) is 48.6. The van der Waals surface area contributed by atoms with Gasteiger partial charge in [0.1, 0.15) is 19.3 Å². The number of likely N-dealkylation sites (N-methyl/N-ethyl adjacent to an activating group) is 1. The minimum absolute atomic E-state index is 0.0271. The second-order valence-corrected chi connectivity index (χ2v) is 23.3. The number of unbranched alkanes of at least 4 members (excludes halogenated alkanes) is 31. The van der Waals surface area contributed by atoms with E-state index in [4.69, 9.17) is 13.8 Å². The van der Waals surface area contributed by atoms with E-state index >= 15 is 0 Å². The van der Waals surface area contributed by atoms with Crippen molar-refractivity contribution in [2.24, 2.45) is 0 Å². The summed E-state index contributed by atoms with van der Waals surface area (Å²) in [5.41, 5.74) is 0. The average molecular weight is 1050 g/mol. The van der Waals surface area contributed by atoms with Gasteiger partial charge in [0.2, 0.25) is 5.91 Å². The maximum Gasteiger partial charge on any atom is 0.306 e. The Labute approximate surface area is 451 Å². The second-order valence-electron chi connectivity index (χ2n) is 21.8. The fourth-order valence-corrected chi connectivity index (χ4v) is 9.36. The van der Waals surface area contributed by atoms with Crippen LogP contribution in [0.4, 0.5) is 0 Å². The normalized spacial score (nSPS) is 14.1. The highest BCUT2D eigenvalue weighted by molar-refractivity contribution is 7.45. The van der Waals surface area contributed by atoms with Crippen LogP contribution in [0.25, 0.3) is 0 Å². The molecule has 3 atom stereocenters. The third kappa shape index (κ3) is 54.3. The van der Waals surface area contributed by atoms with Crippen molar-refractivity contribution in [2.75, 3.05) is 40.9 Å². The predicted molar refractivity (Wildman–Crippen MR) is 312 cm³/mol. The Morgan fingerprint density at radius 2 is 0.836 bits per heavy atom. The second kappa shape index (κ2) is 53.1. The molecule has 3 unspecified atom stereocenters. The number of carbonyl (C=O) groups is 2. The van der Waals surface area contributed by atoms with E-state index in [1.54, 1.807) is 0 Å². The zero-order valence-corrected chi connectivity index (χ0v) is 49.5. The van der Waals surface area contributed by atoms with Gasteiger partial charge in [0.15, 0.2) is 0 Å². The van der Waals surface area contributed by atoms with Gasteiger partial charge in [0.25, 0.3) is 7.82 Å². The zero-order chi connectivity index (χ0) is 53.6. The van der Waals surface area contributed by atoms with Crippen LogP contribution in [0.1, 0.15) is 278 Å². The third-order valence-electron chi connectivity index (χ3n) is 13.4. The van der Waals surface area contributed by atoms with Crippen molar-refractivity contribution < 1.29 is 37.3 Å². The number of nitrogens with one attached hydrogen (secondary N) is 1. The number of phosphoric ester groups is 1. The number of rotatable bonds is 55. The monoisotopic (exact) mass is 1040 g/mol. The molecule has 1 N–H and O–H groups in total. The Morgan fingerprint density at radius 3 is 1.29 bits per heavy atom. The van der Waals surface area contributed by atoms with Gasteiger partial charge in [-0.05, 0) is 96.0 Å². The molecule has 0 aliphatic heterocycles. The van der Waals surface area contributed by atoms with E-state index in [1.807, 2.05) is 33.3 Å². The lowest BCUT2D eigenvalue weighted by Crippen LogP contribution is -2.47. The van der Waals surface area contributed by atoms with E-state index in [1.165, 1.54) is 141 Å². The maximum absolute atomic E-state index is 13.5. The molecule has 0 spiro atoms. The molecule has 9 nitrogen and oxygen atoms in total. The SMILES string of the molecule is CCCCC/C=C\C/C=C\C/C=C\CCCCCCCCC(=O)OC(/C=C/CCCCCCCCCCCC)C(COP(=O)([O-])OCC[N+](C)(C)C)NC(=O)CCCCCCC/C=C/CCCCCCCCC. The molecule has 73 heavy (non-hydrogen) atoms. The van der Waals surface area contributed by atoms with Gasteiger partial charge in [-0.15, -0.1) is 0 Å². The summed E-state index contributed by atoms with van der Waals surface area (Å²) in [6.07, 6.45) is 66.1. The molecule has 0 bridgehead atoms. The number of hydrogen-bond donors (Lipinski definition) is 1. The van der Waals surface area contributed by atoms with E-state index in [9.17, 15) is 19.0 Å². The van der Waals surface area contributed by atoms with E-state index in [0.29, 0.717) is 23.9 Å². The molecule has 0 radical (unpaired) electrons. The van der Waals surface area contributed by atoms with Crippen LogP contribution in [0.5, 0.6) is 0 Å². The molecule has 0 rings (SSSR count). The van der Waals surface area contributed by atoms with Crippen molar-refractivity contribution >= 4 is 19.7 Å². The van der Waals surface area contributed by atoms with E-state index in [0.717, 1.165) is 96.3 Å². The van der Waals surface area contributed by atoms with Crippen LogP contribution in [0.2, 0.25) is 0 Å². The summed E-state index contributed by atoms with van der Waals surface area (Å²) in [6.45, 7) is 6.81. The predicted octanol–water partition coefficient (Wildman–Crippen LogP) is 18.0. The summed E-state index contributed by atoms with van der Waals surface area (Å²) in [5.74, 6) is -0.561. The molecule has 0 saturated heterocycles. The topological polar surface area (TPSA) is 114 Å². The summed E-state index contributed by atoms with van der Waals surface area (Å²) in [4.78, 5) is 39.9. The van der Waals surface area contributed by atoms with Gasteiger partial charge in [0.05, 0.1) is 33.8 Å². The Hall–Kier alpha value is -2.29. The van der Waals surface area contributed by atoms with Gasteiger partial charge in [-0.2, -0.15) is 0 Å². The van der Waals surface area contributed by atoms with Crippen LogP contribution in [0, 0.1) is 0 Å². The van der Waals surface area contributed by atoms with Gasteiger partial charge in [0, 0.05) is 12.8 Å². The highest BCUT2D eigenvalue weighted by Crippen LogP contribution is 2.38. The van der Waals surface area contributed by atoms with Gasteiger partial charge in [-0.25, -0.2) is 0 Å². The van der Waals surface area contributed by atoms with Crippen molar-refractivity contribution in [3.8, 4) is 0 Å². The Bertz CT molecular complexity index is 1440. The van der Waals surface area contributed by atoms with Crippen LogP contribution < -0.4 is 10.2 Å². The highest BCUT2D eigenvalue weighted by Gasteiger charge is 2.27. The first-order chi connectivity index (χ1) is 35.4. The molecule has 426 valence electrons. The lowest BCUT2D eigenvalue weighted by atomic mass is 10.0. The molecule has 0 aromatic rings. The molecular weight excluding hydrogens is 928 g/mol. The Balaban J connectivity index is 5.32. The van der Waals surface area contributed by atoms with Crippen LogP contribution in [-0.4, -0.2) is 69.4 Å². The smallest absolute Gasteiger partial charge is 0.306 e. The van der Waals surface area contributed by atoms with Crippen molar-refractivity contribution in [3.63, 3.8) is 0 Å². The first-order valence-electron chi connectivity index (χ1n) is 30.6. The van der Waals surface area contributed by atoms with Crippen molar-refractivity contribution in [3.05, 3.63) is 60.8 Å². The summed E-state index contributed by atoms with van der Waals surface area (Å²) in [7, 11) is 1.17. The van der Waals surface area contributed by atoms with Crippen LogP contribution in [-0.2, 0) is 27.9 Å². The summed E-state index contributed by atoms with van der Waals surface area (Å²) in [5, 5.41) is 3.02. The lowest BCUT2D eigenvalue weighted by molar-refractivity contribution is -0.870. The summed E-state index contributed by atoms with van der Waals surface area (Å²) in [6, 6.07) is -0.898. The van der Waals surface area contributed by atoms with E-state index in [2.05, 4.69) is 74.7 Å². The molecular formula is C63H117N2O7P. The number of carbonyl (C=O) groups excluding carboxylic acids is 2. The number of ether oxygens (including phenoxy) is 1. The van der Waals surface area contributed by atoms with Gasteiger partial charge >= 0.3 is 5.97 Å². The first-order valence-corrected chi connectivity index (χ1v) is 32.1. The van der Waals surface area contributed by atoms with E-state index in [-0.39, 0.29) is 24.9 Å². The quantitative estimate of drug-likeness (QED) is 0.0212. The third-order valence-corrected chi connectivity index (χ3v) is 14.4. The fourth-order valence-electron chi connectivity index (χ4n) is 8.64. The molecule has 0 saturated carbocycles. The molecule has 0 aliphatic carbocycles. The van der Waals surface area contributed by atoms with Crippen molar-refractivity contribution in [2.45, 2.75) is 290 Å². The number of amides is 1. The molecule has 0 fully saturated rings. The Morgan fingerprint density at radius 1 is 0.479 bits per heavy atom. The van der Waals surface area contributed by atoms with E-state index < -0.39 is 26.6 Å². The average Bonchev–Trinajstić information content (AvgIpc) is 3.35. The number of hydrogen-bond acceptors (Lipinski definition) is 7. The molecule has 0 aromatic carbocycles.